The van der Waals surface area contributed by atoms with Crippen molar-refractivity contribution in [1.82, 2.24) is 0 Å². The molecule has 1 saturated carbocycles. The summed E-state index contributed by atoms with van der Waals surface area (Å²) in [6.45, 7) is 3.68. The highest BCUT2D eigenvalue weighted by Gasteiger charge is 2.25. The Balaban J connectivity index is 1.75. The molecule has 0 atom stereocenters. The Morgan fingerprint density at radius 1 is 0.846 bits per heavy atom. The summed E-state index contributed by atoms with van der Waals surface area (Å²) in [5.41, 5.74) is 0.905. The van der Waals surface area contributed by atoms with Crippen LogP contribution < -0.4 is 5.19 Å². The summed E-state index contributed by atoms with van der Waals surface area (Å²) >= 11 is 0. The summed E-state index contributed by atoms with van der Waals surface area (Å²) in [4.78, 5) is 0. The van der Waals surface area contributed by atoms with E-state index in [1.807, 2.05) is 0 Å². The first kappa shape index (κ1) is 19.1. The maximum absolute atomic E-state index is 14.6. The van der Waals surface area contributed by atoms with Gasteiger partial charge in [-0.05, 0) is 59.5 Å². The molecule has 1 aliphatic rings. The molecular formula is C21H22F4Si. The third kappa shape index (κ3) is 3.87. The smallest absolute Gasteiger partial charge is 0.162 e. The van der Waals surface area contributed by atoms with E-state index in [1.54, 1.807) is 12.1 Å². The molecular weight excluding hydrogens is 356 g/mol. The van der Waals surface area contributed by atoms with Gasteiger partial charge in [0.2, 0.25) is 0 Å². The standard InChI is InChI=1S/C21H22F4Si/c1-12-3-6-14(7-4-12)16-9-8-15(19(23)20(16)24)11-26-17-10-5-13(2)18(22)21(17)25/h5,8-10,12,14H,3-4,6-7,11H2,1-2H3. The molecule has 3 rings (SSSR count). The van der Waals surface area contributed by atoms with E-state index in [0.717, 1.165) is 25.7 Å². The van der Waals surface area contributed by atoms with Gasteiger partial charge in [-0.15, -0.1) is 0 Å². The Morgan fingerprint density at radius 3 is 2.23 bits per heavy atom. The van der Waals surface area contributed by atoms with Crippen LogP contribution in [0.1, 0.15) is 55.2 Å². The van der Waals surface area contributed by atoms with Gasteiger partial charge in [0.05, 0.1) is 9.52 Å². The molecule has 2 aromatic rings. The first-order valence-corrected chi connectivity index (χ1v) is 10.2. The molecule has 2 aromatic carbocycles. The Labute approximate surface area is 154 Å². The maximum Gasteiger partial charge on any atom is 0.162 e. The lowest BCUT2D eigenvalue weighted by Gasteiger charge is -2.27. The molecule has 0 bridgehead atoms. The van der Waals surface area contributed by atoms with E-state index >= 15 is 0 Å². The molecule has 5 heteroatoms. The largest absolute Gasteiger partial charge is 0.204 e. The zero-order chi connectivity index (χ0) is 18.8. The number of hydrogen-bond donors (Lipinski definition) is 0. The highest BCUT2D eigenvalue weighted by atomic mass is 28.2. The normalized spacial score (nSPS) is 20.4. The van der Waals surface area contributed by atoms with Crippen LogP contribution in [-0.4, -0.2) is 9.52 Å². The number of halogens is 4. The molecule has 1 aliphatic carbocycles. The van der Waals surface area contributed by atoms with Crippen LogP contribution in [0.15, 0.2) is 24.3 Å². The number of benzene rings is 2. The fourth-order valence-electron chi connectivity index (χ4n) is 3.60. The highest BCUT2D eigenvalue weighted by molar-refractivity contribution is 6.53. The molecule has 0 aliphatic heterocycles. The maximum atomic E-state index is 14.6. The fraction of sp³-hybridized carbons (Fsp3) is 0.429. The minimum Gasteiger partial charge on any atom is -0.204 e. The van der Waals surface area contributed by atoms with Crippen LogP contribution in [-0.2, 0) is 6.04 Å². The molecule has 0 spiro atoms. The first-order chi connectivity index (χ1) is 12.4. The van der Waals surface area contributed by atoms with Crippen LogP contribution in [0.3, 0.4) is 0 Å². The van der Waals surface area contributed by atoms with Crippen molar-refractivity contribution in [2.75, 3.05) is 0 Å². The third-order valence-electron chi connectivity index (χ3n) is 5.39. The van der Waals surface area contributed by atoms with Crippen molar-refractivity contribution in [1.29, 1.82) is 0 Å². The van der Waals surface area contributed by atoms with Crippen molar-refractivity contribution >= 4 is 14.7 Å². The lowest BCUT2D eigenvalue weighted by molar-refractivity contribution is 0.339. The first-order valence-electron chi connectivity index (χ1n) is 9.03. The van der Waals surface area contributed by atoms with E-state index in [2.05, 4.69) is 6.92 Å². The predicted octanol–water partition coefficient (Wildman–Crippen LogP) is 5.37. The zero-order valence-electron chi connectivity index (χ0n) is 15.0. The van der Waals surface area contributed by atoms with E-state index in [9.17, 15) is 17.6 Å². The minimum atomic E-state index is -0.892. The SMILES string of the molecule is Cc1ccc([Si]Cc2ccc(C3CCC(C)CC3)c(F)c2F)c(F)c1F. The van der Waals surface area contributed by atoms with Gasteiger partial charge < -0.3 is 0 Å². The summed E-state index contributed by atoms with van der Waals surface area (Å²) in [5.74, 6) is -2.67. The molecule has 26 heavy (non-hydrogen) atoms. The molecule has 1 fully saturated rings. The van der Waals surface area contributed by atoms with Crippen molar-refractivity contribution in [3.8, 4) is 0 Å². The van der Waals surface area contributed by atoms with Gasteiger partial charge in [0, 0.05) is 0 Å². The van der Waals surface area contributed by atoms with Gasteiger partial charge in [0.1, 0.15) is 0 Å². The van der Waals surface area contributed by atoms with Gasteiger partial charge in [0.15, 0.2) is 23.3 Å². The van der Waals surface area contributed by atoms with Crippen LogP contribution in [0.25, 0.3) is 0 Å². The van der Waals surface area contributed by atoms with Crippen molar-refractivity contribution < 1.29 is 17.6 Å². The van der Waals surface area contributed by atoms with Crippen LogP contribution in [0.4, 0.5) is 17.6 Å². The Hall–Kier alpha value is -1.62. The van der Waals surface area contributed by atoms with Crippen LogP contribution in [0.2, 0.25) is 0 Å². The van der Waals surface area contributed by atoms with Crippen molar-refractivity contribution in [3.63, 3.8) is 0 Å². The topological polar surface area (TPSA) is 0 Å². The molecule has 0 nitrogen and oxygen atoms in total. The Kier molecular flexibility index (Phi) is 5.85. The lowest BCUT2D eigenvalue weighted by Crippen LogP contribution is -2.23. The Bertz CT molecular complexity index is 795. The van der Waals surface area contributed by atoms with E-state index in [-0.39, 0.29) is 37.8 Å². The summed E-state index contributed by atoms with van der Waals surface area (Å²) < 4.78 is 56.7. The lowest BCUT2D eigenvalue weighted by atomic mass is 9.79. The van der Waals surface area contributed by atoms with Gasteiger partial charge in [-0.1, -0.05) is 44.0 Å². The van der Waals surface area contributed by atoms with E-state index < -0.39 is 23.3 Å². The van der Waals surface area contributed by atoms with Crippen molar-refractivity contribution in [2.45, 2.75) is 51.5 Å². The van der Waals surface area contributed by atoms with Crippen molar-refractivity contribution in [3.05, 3.63) is 64.2 Å². The van der Waals surface area contributed by atoms with E-state index in [1.165, 1.54) is 19.1 Å². The van der Waals surface area contributed by atoms with E-state index in [0.29, 0.717) is 11.5 Å². The minimum absolute atomic E-state index is 0.0702. The molecule has 0 aromatic heterocycles. The fourth-order valence-corrected chi connectivity index (χ4v) is 4.72. The van der Waals surface area contributed by atoms with Crippen LogP contribution in [0.5, 0.6) is 0 Å². The number of aryl methyl sites for hydroxylation is 1. The number of rotatable bonds is 4. The average Bonchev–Trinajstić information content (AvgIpc) is 2.63. The molecule has 138 valence electrons. The molecule has 0 saturated heterocycles. The monoisotopic (exact) mass is 378 g/mol. The molecule has 2 radical (unpaired) electrons. The van der Waals surface area contributed by atoms with Gasteiger partial charge in [-0.3, -0.25) is 0 Å². The second-order valence-electron chi connectivity index (χ2n) is 7.31. The average molecular weight is 378 g/mol. The second-order valence-corrected chi connectivity index (χ2v) is 8.56. The highest BCUT2D eigenvalue weighted by Crippen LogP contribution is 2.37. The van der Waals surface area contributed by atoms with E-state index in [4.69, 9.17) is 0 Å². The summed E-state index contributed by atoms with van der Waals surface area (Å²) in [5, 5.41) is 0.207. The van der Waals surface area contributed by atoms with Gasteiger partial charge in [0.25, 0.3) is 0 Å². The molecule has 0 unspecified atom stereocenters. The second kappa shape index (κ2) is 7.95. The van der Waals surface area contributed by atoms with Crippen LogP contribution >= 0.6 is 0 Å². The summed E-state index contributed by atoms with van der Waals surface area (Å²) in [7, 11) is -0.156. The predicted molar refractivity (Wildman–Crippen MR) is 96.9 cm³/mol. The summed E-state index contributed by atoms with van der Waals surface area (Å²) in [6, 6.07) is 6.44. The molecule has 0 heterocycles. The van der Waals surface area contributed by atoms with Crippen molar-refractivity contribution in [2.24, 2.45) is 5.92 Å². The number of hydrogen-bond acceptors (Lipinski definition) is 0. The van der Waals surface area contributed by atoms with Crippen LogP contribution in [0, 0.1) is 36.1 Å². The van der Waals surface area contributed by atoms with Gasteiger partial charge in [-0.25, -0.2) is 17.6 Å². The molecule has 0 N–H and O–H groups in total. The quantitative estimate of drug-likeness (QED) is 0.495. The zero-order valence-corrected chi connectivity index (χ0v) is 16.0. The third-order valence-corrected chi connectivity index (χ3v) is 6.72. The summed E-state index contributed by atoms with van der Waals surface area (Å²) in [6.07, 6.45) is 3.83. The van der Waals surface area contributed by atoms with Gasteiger partial charge >= 0.3 is 0 Å². The molecule has 0 amide bonds. The van der Waals surface area contributed by atoms with Gasteiger partial charge in [-0.2, -0.15) is 0 Å². The Morgan fingerprint density at radius 2 is 1.54 bits per heavy atom.